The van der Waals surface area contributed by atoms with Gasteiger partial charge in [0.05, 0.1) is 24.6 Å². The number of methoxy groups -OCH3 is 1. The molecule has 8 nitrogen and oxygen atoms in total. The molecule has 1 N–H and O–H groups in total. The lowest BCUT2D eigenvalue weighted by Crippen LogP contribution is -2.35. The molecule has 0 radical (unpaired) electrons. The van der Waals surface area contributed by atoms with Crippen LogP contribution in [0.2, 0.25) is 0 Å². The van der Waals surface area contributed by atoms with Crippen LogP contribution in [0.1, 0.15) is 12.0 Å². The maximum atomic E-state index is 12.5. The van der Waals surface area contributed by atoms with Gasteiger partial charge in [0, 0.05) is 6.04 Å². The van der Waals surface area contributed by atoms with Crippen molar-refractivity contribution >= 4 is 31.9 Å². The minimum Gasteiger partial charge on any atom is -0.545 e. The Hall–Kier alpha value is -1.91. The molecule has 1 aliphatic heterocycles. The number of hydrogen-bond donors (Lipinski definition) is 1. The Morgan fingerprint density at radius 3 is 2.67 bits per heavy atom. The van der Waals surface area contributed by atoms with Crippen molar-refractivity contribution in [2.75, 3.05) is 18.6 Å². The maximum absolute atomic E-state index is 12.5. The summed E-state index contributed by atoms with van der Waals surface area (Å²) in [6.07, 6.45) is 2.16. The first-order valence-electron chi connectivity index (χ1n) is 6.93. The molecule has 132 valence electrons. The number of carbonyl (C=O) groups excluding carboxylic acids is 1. The summed E-state index contributed by atoms with van der Waals surface area (Å²) in [7, 11) is -5.97. The molecule has 24 heavy (non-hydrogen) atoms. The number of rotatable bonds is 6. The van der Waals surface area contributed by atoms with Crippen molar-refractivity contribution in [1.29, 1.82) is 0 Å². The van der Waals surface area contributed by atoms with E-state index in [-0.39, 0.29) is 28.6 Å². The lowest BCUT2D eigenvalue weighted by molar-refractivity contribution is -0.297. The van der Waals surface area contributed by atoms with Crippen LogP contribution in [0.3, 0.4) is 0 Å². The Morgan fingerprint density at radius 1 is 1.42 bits per heavy atom. The number of nitrogens with one attached hydrogen (secondary N) is 1. The van der Waals surface area contributed by atoms with E-state index >= 15 is 0 Å². The maximum Gasteiger partial charge on any atom is 0.244 e. The highest BCUT2D eigenvalue weighted by Crippen LogP contribution is 2.26. The third-order valence-electron chi connectivity index (χ3n) is 3.44. The fourth-order valence-corrected chi connectivity index (χ4v) is 5.60. The molecule has 0 aliphatic carbocycles. The number of carboxylic acid groups (broad SMARTS) is 1. The van der Waals surface area contributed by atoms with E-state index < -0.39 is 31.9 Å². The van der Waals surface area contributed by atoms with E-state index in [0.29, 0.717) is 5.56 Å². The topological polar surface area (TPSA) is 130 Å². The van der Waals surface area contributed by atoms with Crippen LogP contribution in [0, 0.1) is 0 Å². The minimum atomic E-state index is -4.03. The molecule has 10 heteroatoms. The van der Waals surface area contributed by atoms with Crippen molar-refractivity contribution in [3.05, 3.63) is 29.8 Å². The summed E-state index contributed by atoms with van der Waals surface area (Å²) in [5.74, 6) is -1.66. The summed E-state index contributed by atoms with van der Waals surface area (Å²) in [5.41, 5.74) is 0.319. The number of benzene rings is 1. The Kier molecular flexibility index (Phi) is 5.31. The molecule has 1 atom stereocenters. The van der Waals surface area contributed by atoms with Gasteiger partial charge in [0.1, 0.15) is 10.6 Å². The zero-order valence-electron chi connectivity index (χ0n) is 12.8. The van der Waals surface area contributed by atoms with Gasteiger partial charge in [-0.3, -0.25) is 0 Å². The van der Waals surface area contributed by atoms with Gasteiger partial charge in [0.25, 0.3) is 0 Å². The molecule has 0 unspecified atom stereocenters. The monoisotopic (exact) mass is 374 g/mol. The van der Waals surface area contributed by atoms with Gasteiger partial charge in [0.2, 0.25) is 10.0 Å². The fourth-order valence-electron chi connectivity index (χ4n) is 2.34. The normalized spacial score (nSPS) is 20.3. The lowest BCUT2D eigenvalue weighted by Gasteiger charge is -2.14. The van der Waals surface area contributed by atoms with E-state index in [4.69, 9.17) is 4.74 Å². The van der Waals surface area contributed by atoms with E-state index in [2.05, 4.69) is 4.72 Å². The number of sulfone groups is 1. The van der Waals surface area contributed by atoms with E-state index in [1.807, 2.05) is 0 Å². The van der Waals surface area contributed by atoms with Crippen molar-refractivity contribution in [1.82, 2.24) is 4.72 Å². The first kappa shape index (κ1) is 18.4. The molecule has 1 aromatic carbocycles. The van der Waals surface area contributed by atoms with Gasteiger partial charge in [-0.05, 0) is 30.2 Å². The summed E-state index contributed by atoms with van der Waals surface area (Å²) >= 11 is 0. The van der Waals surface area contributed by atoms with Gasteiger partial charge in [-0.15, -0.1) is 0 Å². The fraction of sp³-hybridized carbons (Fsp3) is 0.357. The molecule has 0 amide bonds. The largest absolute Gasteiger partial charge is 0.545 e. The predicted molar refractivity (Wildman–Crippen MR) is 84.4 cm³/mol. The van der Waals surface area contributed by atoms with Crippen LogP contribution in [-0.4, -0.2) is 47.5 Å². The van der Waals surface area contributed by atoms with Crippen LogP contribution in [0.5, 0.6) is 5.75 Å². The SMILES string of the molecule is COc1ccc(/C=C/C(=O)[O-])cc1S(=O)(=O)N[C@@H]1CCS(=O)(=O)C1. The van der Waals surface area contributed by atoms with Crippen molar-refractivity contribution < 1.29 is 31.5 Å². The molecule has 1 aromatic rings. The van der Waals surface area contributed by atoms with E-state index in [1.165, 1.54) is 31.4 Å². The minimum absolute atomic E-state index is 0.0638. The van der Waals surface area contributed by atoms with Crippen molar-refractivity contribution in [2.45, 2.75) is 17.4 Å². The second-order valence-electron chi connectivity index (χ2n) is 5.28. The molecular weight excluding hydrogens is 358 g/mol. The molecule has 0 bridgehead atoms. The standard InChI is InChI=1S/C14H17NO7S2/c1-22-12-4-2-10(3-5-14(16)17)8-13(12)24(20,21)15-11-6-7-23(18,19)9-11/h2-5,8,11,15H,6-7,9H2,1H3,(H,16,17)/p-1/b5-3+/t11-/m1/s1. The van der Waals surface area contributed by atoms with E-state index in [1.54, 1.807) is 0 Å². The number of carbonyl (C=O) groups is 1. The number of carboxylic acids is 1. The molecule has 1 heterocycles. The number of sulfonamides is 1. The van der Waals surface area contributed by atoms with Gasteiger partial charge in [-0.2, -0.15) is 0 Å². The Bertz CT molecular complexity index is 872. The second kappa shape index (κ2) is 6.91. The van der Waals surface area contributed by atoms with Crippen LogP contribution in [0.15, 0.2) is 29.2 Å². The highest BCUT2D eigenvalue weighted by Gasteiger charge is 2.32. The molecule has 0 spiro atoms. The second-order valence-corrected chi connectivity index (χ2v) is 9.20. The summed E-state index contributed by atoms with van der Waals surface area (Å²) in [4.78, 5) is 10.3. The smallest absolute Gasteiger partial charge is 0.244 e. The first-order chi connectivity index (χ1) is 11.1. The molecule has 0 saturated carbocycles. The molecule has 1 aliphatic rings. The molecule has 1 saturated heterocycles. The van der Waals surface area contributed by atoms with Crippen LogP contribution >= 0.6 is 0 Å². The average molecular weight is 374 g/mol. The van der Waals surface area contributed by atoms with E-state index in [0.717, 1.165) is 6.08 Å². The van der Waals surface area contributed by atoms with Crippen LogP contribution in [0.25, 0.3) is 6.08 Å². The summed E-state index contributed by atoms with van der Waals surface area (Å²) < 4.78 is 55.4. The zero-order chi connectivity index (χ0) is 18.0. The van der Waals surface area contributed by atoms with Crippen molar-refractivity contribution in [3.8, 4) is 5.75 Å². The summed E-state index contributed by atoms with van der Waals surface area (Å²) in [5, 5.41) is 10.5. The molecule has 1 fully saturated rings. The third kappa shape index (κ3) is 4.56. The zero-order valence-corrected chi connectivity index (χ0v) is 14.4. The average Bonchev–Trinajstić information content (AvgIpc) is 2.83. The summed E-state index contributed by atoms with van der Waals surface area (Å²) in [6.45, 7) is 0. The van der Waals surface area contributed by atoms with Gasteiger partial charge < -0.3 is 14.6 Å². The number of ether oxygens (including phenoxy) is 1. The van der Waals surface area contributed by atoms with Crippen LogP contribution in [0.4, 0.5) is 0 Å². The molecule has 2 rings (SSSR count). The molecule has 0 aromatic heterocycles. The summed E-state index contributed by atoms with van der Waals surface area (Å²) in [6, 6.07) is 3.41. The Morgan fingerprint density at radius 2 is 2.12 bits per heavy atom. The van der Waals surface area contributed by atoms with Gasteiger partial charge >= 0.3 is 0 Å². The van der Waals surface area contributed by atoms with Crippen molar-refractivity contribution in [3.63, 3.8) is 0 Å². The highest BCUT2D eigenvalue weighted by molar-refractivity contribution is 7.92. The highest BCUT2D eigenvalue weighted by atomic mass is 32.2. The van der Waals surface area contributed by atoms with Gasteiger partial charge in [0.15, 0.2) is 9.84 Å². The third-order valence-corrected chi connectivity index (χ3v) is 6.75. The Labute approximate surface area is 140 Å². The number of aliphatic carboxylic acids is 1. The van der Waals surface area contributed by atoms with Crippen LogP contribution < -0.4 is 14.6 Å². The van der Waals surface area contributed by atoms with Gasteiger partial charge in [-0.1, -0.05) is 12.1 Å². The Balaban J connectivity index is 2.33. The quantitative estimate of drug-likeness (QED) is 0.627. The molecular formula is C14H16NO7S2-. The first-order valence-corrected chi connectivity index (χ1v) is 10.2. The predicted octanol–water partition coefficient (Wildman–Crippen LogP) is -1.08. The van der Waals surface area contributed by atoms with Crippen molar-refractivity contribution in [2.24, 2.45) is 0 Å². The number of hydrogen-bond acceptors (Lipinski definition) is 7. The lowest BCUT2D eigenvalue weighted by atomic mass is 10.2. The van der Waals surface area contributed by atoms with Gasteiger partial charge in [-0.25, -0.2) is 21.6 Å². The van der Waals surface area contributed by atoms with Crippen LogP contribution in [-0.2, 0) is 24.7 Å². The van der Waals surface area contributed by atoms with E-state index in [9.17, 15) is 26.7 Å².